The Morgan fingerprint density at radius 3 is 2.67 bits per heavy atom. The van der Waals surface area contributed by atoms with Gasteiger partial charge < -0.3 is 5.32 Å². The van der Waals surface area contributed by atoms with Gasteiger partial charge in [-0.2, -0.15) is 8.73 Å². The zero-order chi connectivity index (χ0) is 15.0. The highest BCUT2D eigenvalue weighted by molar-refractivity contribution is 9.10. The van der Waals surface area contributed by atoms with Crippen LogP contribution in [-0.2, 0) is 17.9 Å². The standard InChI is InChI=1S/C14H10BrCl2N3S/c1-7-2-3-8(4-9(7)15)6-18-12-10(16)5-11(17)13-14(12)20-21-19-13/h2-5,18H,6H2,1H3. The van der Waals surface area contributed by atoms with E-state index in [-0.39, 0.29) is 0 Å². The molecular formula is C14H10BrCl2N3S. The Hall–Kier alpha value is -0.880. The number of hydrogen-bond donors (Lipinski definition) is 1. The van der Waals surface area contributed by atoms with E-state index in [1.807, 2.05) is 0 Å². The molecule has 2 aromatic carbocycles. The summed E-state index contributed by atoms with van der Waals surface area (Å²) in [6.45, 7) is 2.70. The lowest BCUT2D eigenvalue weighted by molar-refractivity contribution is 1.14. The van der Waals surface area contributed by atoms with Gasteiger partial charge >= 0.3 is 0 Å². The molecule has 1 aliphatic rings. The Kier molecular flexibility index (Phi) is 4.36. The first-order chi connectivity index (χ1) is 10.1. The predicted octanol–water partition coefficient (Wildman–Crippen LogP) is 6.40. The molecule has 0 spiro atoms. The molecule has 1 N–H and O–H groups in total. The van der Waals surface area contributed by atoms with Gasteiger partial charge in [-0.1, -0.05) is 51.3 Å². The molecule has 0 amide bonds. The monoisotopic (exact) mass is 401 g/mol. The molecular weight excluding hydrogens is 393 g/mol. The normalized spacial score (nSPS) is 12.2. The number of rotatable bonds is 3. The molecule has 1 heterocycles. The number of benzene rings is 2. The van der Waals surface area contributed by atoms with Crippen LogP contribution in [0.3, 0.4) is 0 Å². The van der Waals surface area contributed by atoms with Gasteiger partial charge in [-0.15, -0.1) is 0 Å². The van der Waals surface area contributed by atoms with E-state index < -0.39 is 0 Å². The number of fused-ring (bicyclic) bond motifs is 1. The third kappa shape index (κ3) is 3.01. The Morgan fingerprint density at radius 1 is 1.14 bits per heavy atom. The number of halogens is 3. The lowest BCUT2D eigenvalue weighted by Crippen LogP contribution is -2.00. The number of nitrogens with zero attached hydrogens (tertiary/aromatic N) is 2. The molecule has 0 saturated heterocycles. The fourth-order valence-electron chi connectivity index (χ4n) is 1.98. The third-order valence-electron chi connectivity index (χ3n) is 3.15. The molecule has 3 rings (SSSR count). The maximum absolute atomic E-state index is 6.27. The first-order valence-corrected chi connectivity index (χ1v) is 8.43. The van der Waals surface area contributed by atoms with Crippen LogP contribution in [0.2, 0.25) is 10.0 Å². The number of hydrogen-bond acceptors (Lipinski definition) is 3. The molecule has 0 bridgehead atoms. The maximum atomic E-state index is 6.27. The zero-order valence-corrected chi connectivity index (χ0v) is 14.9. The van der Waals surface area contributed by atoms with Crippen molar-refractivity contribution < 1.29 is 0 Å². The van der Waals surface area contributed by atoms with Crippen molar-refractivity contribution in [2.45, 2.75) is 13.5 Å². The lowest BCUT2D eigenvalue weighted by Gasteiger charge is -2.12. The zero-order valence-electron chi connectivity index (χ0n) is 11.0. The second-order valence-electron chi connectivity index (χ2n) is 4.61. The van der Waals surface area contributed by atoms with Gasteiger partial charge in [0.05, 0.1) is 27.1 Å². The van der Waals surface area contributed by atoms with Crippen molar-refractivity contribution in [1.82, 2.24) is 0 Å². The Morgan fingerprint density at radius 2 is 1.90 bits per heavy atom. The van der Waals surface area contributed by atoms with Crippen molar-refractivity contribution in [3.63, 3.8) is 0 Å². The largest absolute Gasteiger partial charge is 0.378 e. The minimum Gasteiger partial charge on any atom is -0.378 e. The van der Waals surface area contributed by atoms with Crippen LogP contribution >= 0.6 is 39.1 Å². The van der Waals surface area contributed by atoms with Gasteiger partial charge in [0.15, 0.2) is 0 Å². The van der Waals surface area contributed by atoms with E-state index in [1.165, 1.54) is 5.56 Å². The molecule has 0 unspecified atom stereocenters. The van der Waals surface area contributed by atoms with Crippen molar-refractivity contribution in [3.8, 4) is 0 Å². The number of anilines is 1. The van der Waals surface area contributed by atoms with Gasteiger partial charge in [0.25, 0.3) is 0 Å². The van der Waals surface area contributed by atoms with Gasteiger partial charge in [0.1, 0.15) is 11.4 Å². The van der Waals surface area contributed by atoms with E-state index in [1.54, 1.807) is 6.07 Å². The van der Waals surface area contributed by atoms with Gasteiger partial charge in [0, 0.05) is 11.0 Å². The molecule has 0 saturated carbocycles. The highest BCUT2D eigenvalue weighted by Gasteiger charge is 2.18. The molecule has 0 radical (unpaired) electrons. The van der Waals surface area contributed by atoms with Crippen LogP contribution < -0.4 is 5.32 Å². The molecule has 0 aromatic heterocycles. The Bertz CT molecular complexity index is 801. The van der Waals surface area contributed by atoms with Gasteiger partial charge in [0.2, 0.25) is 0 Å². The summed E-state index contributed by atoms with van der Waals surface area (Å²) in [4.78, 5) is 0. The molecule has 3 nitrogen and oxygen atoms in total. The molecule has 21 heavy (non-hydrogen) atoms. The summed E-state index contributed by atoms with van der Waals surface area (Å²) in [5, 5.41) is 4.39. The van der Waals surface area contributed by atoms with Crippen LogP contribution in [0.5, 0.6) is 0 Å². The van der Waals surface area contributed by atoms with Crippen LogP contribution in [0.4, 0.5) is 17.1 Å². The predicted molar refractivity (Wildman–Crippen MR) is 94.2 cm³/mol. The number of nitrogens with one attached hydrogen (secondary N) is 1. The first kappa shape index (κ1) is 15.0. The topological polar surface area (TPSA) is 36.8 Å². The highest BCUT2D eigenvalue weighted by Crippen LogP contribution is 2.47. The van der Waals surface area contributed by atoms with Crippen LogP contribution in [0.25, 0.3) is 0 Å². The van der Waals surface area contributed by atoms with Crippen molar-refractivity contribution in [3.05, 3.63) is 49.9 Å². The van der Waals surface area contributed by atoms with Crippen LogP contribution in [0.1, 0.15) is 11.1 Å². The van der Waals surface area contributed by atoms with Crippen molar-refractivity contribution >= 4 is 67.5 Å². The van der Waals surface area contributed by atoms with E-state index in [9.17, 15) is 0 Å². The van der Waals surface area contributed by atoms with Crippen molar-refractivity contribution in [1.29, 1.82) is 0 Å². The Labute approximate surface area is 144 Å². The van der Waals surface area contributed by atoms with Crippen molar-refractivity contribution in [2.24, 2.45) is 8.73 Å². The van der Waals surface area contributed by atoms with Crippen LogP contribution in [-0.4, -0.2) is 0 Å². The minimum atomic E-state index is 0.521. The molecule has 7 heteroatoms. The summed E-state index contributed by atoms with van der Waals surface area (Å²) in [5.74, 6) is 0. The molecule has 108 valence electrons. The molecule has 0 atom stereocenters. The quantitative estimate of drug-likeness (QED) is 0.540. The molecule has 1 aliphatic heterocycles. The summed E-state index contributed by atoms with van der Waals surface area (Å²) in [5.41, 5.74) is 4.51. The SMILES string of the molecule is Cc1ccc(CNc2c(Cl)cc(Cl)c3c2N=S=N3)cc1Br. The van der Waals surface area contributed by atoms with E-state index in [4.69, 9.17) is 23.2 Å². The molecule has 0 aliphatic carbocycles. The average molecular weight is 403 g/mol. The van der Waals surface area contributed by atoms with Crippen LogP contribution in [0, 0.1) is 6.92 Å². The van der Waals surface area contributed by atoms with Crippen molar-refractivity contribution in [2.75, 3.05) is 5.32 Å². The van der Waals surface area contributed by atoms with E-state index in [2.05, 4.69) is 55.1 Å². The van der Waals surface area contributed by atoms with E-state index in [0.717, 1.165) is 27.1 Å². The van der Waals surface area contributed by atoms with E-state index >= 15 is 0 Å². The van der Waals surface area contributed by atoms with Gasteiger partial charge in [-0.3, -0.25) is 0 Å². The minimum absolute atomic E-state index is 0.521. The molecule has 0 fully saturated rings. The second kappa shape index (κ2) is 6.08. The fraction of sp³-hybridized carbons (Fsp3) is 0.143. The summed E-state index contributed by atoms with van der Waals surface area (Å²) < 4.78 is 9.55. The maximum Gasteiger partial charge on any atom is 0.130 e. The Balaban J connectivity index is 1.88. The summed E-state index contributed by atoms with van der Waals surface area (Å²) in [6, 6.07) is 7.93. The number of aryl methyl sites for hydroxylation is 1. The van der Waals surface area contributed by atoms with Crippen LogP contribution in [0.15, 0.2) is 37.5 Å². The van der Waals surface area contributed by atoms with Gasteiger partial charge in [-0.25, -0.2) is 0 Å². The summed E-state index contributed by atoms with van der Waals surface area (Å²) >= 11 is 17.0. The summed E-state index contributed by atoms with van der Waals surface area (Å²) in [7, 11) is 0. The fourth-order valence-corrected chi connectivity index (χ4v) is 3.58. The van der Waals surface area contributed by atoms with E-state index in [0.29, 0.717) is 28.0 Å². The third-order valence-corrected chi connectivity index (χ3v) is 5.12. The average Bonchev–Trinajstić information content (AvgIpc) is 2.92. The second-order valence-corrected chi connectivity index (χ2v) is 6.81. The smallest absolute Gasteiger partial charge is 0.130 e. The molecule has 2 aromatic rings. The highest BCUT2D eigenvalue weighted by atomic mass is 79.9. The van der Waals surface area contributed by atoms with Gasteiger partial charge in [-0.05, 0) is 30.2 Å². The summed E-state index contributed by atoms with van der Waals surface area (Å²) in [6.07, 6.45) is 0. The first-order valence-electron chi connectivity index (χ1n) is 6.15. The lowest BCUT2D eigenvalue weighted by atomic mass is 10.1.